The van der Waals surface area contributed by atoms with Crippen molar-refractivity contribution in [1.82, 2.24) is 15.3 Å². The summed E-state index contributed by atoms with van der Waals surface area (Å²) >= 11 is 6.38. The molecule has 2 aliphatic heterocycles. The first-order valence-corrected chi connectivity index (χ1v) is 13.7. The molecule has 0 spiro atoms. The van der Waals surface area contributed by atoms with Crippen molar-refractivity contribution in [3.05, 3.63) is 52.7 Å². The monoisotopic (exact) mass is 529 g/mol. The highest BCUT2D eigenvalue weighted by Crippen LogP contribution is 2.46. The van der Waals surface area contributed by atoms with Crippen LogP contribution >= 0.6 is 11.6 Å². The number of para-hydroxylation sites is 1. The van der Waals surface area contributed by atoms with Crippen LogP contribution in [0.15, 0.2) is 41.4 Å². The number of hydrogen-bond donors (Lipinski definition) is 3. The van der Waals surface area contributed by atoms with Crippen LogP contribution in [0.1, 0.15) is 30.9 Å². The van der Waals surface area contributed by atoms with Gasteiger partial charge >= 0.3 is 0 Å². The molecular formula is C25H28ClN5O4S. The Kier molecular flexibility index (Phi) is 6.67. The van der Waals surface area contributed by atoms with Gasteiger partial charge in [-0.05, 0) is 44.5 Å². The largest absolute Gasteiger partial charge is 0.486 e. The standard InChI is InChI=1S/C25H28ClN5O4S/c1-14(2)36(32,33)20-7-5-4-6-18(20)29-24-17(26)13-28-25(31-24)30-19-10-15(3)21(16-11-27-12-16)23-22(19)34-8-9-35-23/h4-7,10,13-14,16,27H,8-9,11-12H2,1-3H3,(H2,28,29,30,31). The number of hydrogen-bond acceptors (Lipinski definition) is 9. The Balaban J connectivity index is 1.48. The fourth-order valence-corrected chi connectivity index (χ4v) is 5.63. The molecule has 9 nitrogen and oxygen atoms in total. The summed E-state index contributed by atoms with van der Waals surface area (Å²) in [6, 6.07) is 8.70. The van der Waals surface area contributed by atoms with Gasteiger partial charge in [-0.2, -0.15) is 4.98 Å². The molecule has 3 heterocycles. The Morgan fingerprint density at radius 3 is 2.50 bits per heavy atom. The Morgan fingerprint density at radius 1 is 1.08 bits per heavy atom. The number of fused-ring (bicyclic) bond motifs is 1. The van der Waals surface area contributed by atoms with E-state index >= 15 is 0 Å². The van der Waals surface area contributed by atoms with Crippen molar-refractivity contribution in [2.75, 3.05) is 36.9 Å². The molecule has 3 N–H and O–H groups in total. The molecule has 3 aromatic rings. The number of nitrogens with one attached hydrogen (secondary N) is 3. The average Bonchev–Trinajstić information content (AvgIpc) is 2.82. The summed E-state index contributed by atoms with van der Waals surface area (Å²) in [5, 5.41) is 9.29. The molecule has 36 heavy (non-hydrogen) atoms. The molecule has 1 fully saturated rings. The van der Waals surface area contributed by atoms with Crippen LogP contribution in [0.5, 0.6) is 11.5 Å². The van der Waals surface area contributed by atoms with Gasteiger partial charge in [-0.25, -0.2) is 13.4 Å². The van der Waals surface area contributed by atoms with Gasteiger partial charge in [0.15, 0.2) is 27.2 Å². The van der Waals surface area contributed by atoms with Crippen molar-refractivity contribution in [2.45, 2.75) is 36.8 Å². The molecule has 190 valence electrons. The van der Waals surface area contributed by atoms with Crippen LogP contribution in [0, 0.1) is 6.92 Å². The zero-order valence-corrected chi connectivity index (χ0v) is 21.8. The molecule has 1 saturated heterocycles. The molecule has 0 aliphatic carbocycles. The van der Waals surface area contributed by atoms with Crippen molar-refractivity contribution in [3.63, 3.8) is 0 Å². The van der Waals surface area contributed by atoms with Gasteiger partial charge in [0.2, 0.25) is 5.95 Å². The van der Waals surface area contributed by atoms with Gasteiger partial charge in [0.05, 0.1) is 27.7 Å². The van der Waals surface area contributed by atoms with Crippen LogP contribution in [0.4, 0.5) is 23.1 Å². The maximum Gasteiger partial charge on any atom is 0.229 e. The number of aromatic nitrogens is 2. The van der Waals surface area contributed by atoms with E-state index in [-0.39, 0.29) is 21.7 Å². The Morgan fingerprint density at radius 2 is 1.81 bits per heavy atom. The fraction of sp³-hybridized carbons (Fsp3) is 0.360. The summed E-state index contributed by atoms with van der Waals surface area (Å²) in [4.78, 5) is 9.03. The highest BCUT2D eigenvalue weighted by molar-refractivity contribution is 7.92. The molecule has 0 amide bonds. The molecule has 2 aromatic carbocycles. The molecule has 1 aromatic heterocycles. The summed E-state index contributed by atoms with van der Waals surface area (Å²) in [6.07, 6.45) is 1.46. The zero-order valence-electron chi connectivity index (χ0n) is 20.3. The van der Waals surface area contributed by atoms with E-state index in [1.165, 1.54) is 6.20 Å². The van der Waals surface area contributed by atoms with Gasteiger partial charge in [0.1, 0.15) is 18.2 Å². The van der Waals surface area contributed by atoms with E-state index in [1.807, 2.05) is 6.07 Å². The summed E-state index contributed by atoms with van der Waals surface area (Å²) in [5.41, 5.74) is 3.33. The molecule has 2 aliphatic rings. The second kappa shape index (κ2) is 9.76. The zero-order chi connectivity index (χ0) is 25.4. The van der Waals surface area contributed by atoms with Gasteiger partial charge in [-0.15, -0.1) is 0 Å². The summed E-state index contributed by atoms with van der Waals surface area (Å²) in [7, 11) is -3.52. The number of aryl methyl sites for hydroxylation is 1. The number of nitrogens with zero attached hydrogens (tertiary/aromatic N) is 2. The van der Waals surface area contributed by atoms with E-state index in [0.29, 0.717) is 36.3 Å². The SMILES string of the molecule is Cc1cc(Nc2ncc(Cl)c(Nc3ccccc3S(=O)(=O)C(C)C)n2)c2c(c1C1CNC1)OCCO2. The van der Waals surface area contributed by atoms with Crippen LogP contribution < -0.4 is 25.4 Å². The minimum absolute atomic E-state index is 0.181. The molecule has 0 atom stereocenters. The van der Waals surface area contributed by atoms with Crippen molar-refractivity contribution >= 4 is 44.6 Å². The number of ether oxygens (including phenoxy) is 2. The molecule has 5 rings (SSSR count). The van der Waals surface area contributed by atoms with E-state index in [9.17, 15) is 8.42 Å². The first kappa shape index (κ1) is 24.6. The Labute approximate surface area is 215 Å². The second-order valence-electron chi connectivity index (χ2n) is 9.10. The molecule has 0 bridgehead atoms. The average molecular weight is 530 g/mol. The fourth-order valence-electron chi connectivity index (χ4n) is 4.29. The summed E-state index contributed by atoms with van der Waals surface area (Å²) in [5.74, 6) is 2.34. The lowest BCUT2D eigenvalue weighted by Gasteiger charge is -2.33. The minimum Gasteiger partial charge on any atom is -0.486 e. The van der Waals surface area contributed by atoms with Gasteiger partial charge in [-0.3, -0.25) is 0 Å². The van der Waals surface area contributed by atoms with E-state index < -0.39 is 15.1 Å². The third-order valence-corrected chi connectivity index (χ3v) is 8.79. The third kappa shape index (κ3) is 4.56. The molecule has 0 unspecified atom stereocenters. The maximum atomic E-state index is 12.9. The first-order chi connectivity index (χ1) is 17.3. The van der Waals surface area contributed by atoms with Crippen molar-refractivity contribution < 1.29 is 17.9 Å². The van der Waals surface area contributed by atoms with E-state index in [4.69, 9.17) is 21.1 Å². The lowest BCUT2D eigenvalue weighted by molar-refractivity contribution is 0.169. The lowest BCUT2D eigenvalue weighted by atomic mass is 9.88. The normalized spacial score (nSPS) is 15.5. The maximum absolute atomic E-state index is 12.9. The molecular weight excluding hydrogens is 502 g/mol. The molecule has 0 saturated carbocycles. The first-order valence-electron chi connectivity index (χ1n) is 11.8. The number of anilines is 4. The molecule has 11 heteroatoms. The van der Waals surface area contributed by atoms with Crippen molar-refractivity contribution in [1.29, 1.82) is 0 Å². The Hall–Kier alpha value is -3.08. The lowest BCUT2D eigenvalue weighted by Crippen LogP contribution is -2.40. The van der Waals surface area contributed by atoms with Crippen LogP contribution in [-0.4, -0.2) is 49.9 Å². The van der Waals surface area contributed by atoms with Gasteiger partial charge in [0.25, 0.3) is 0 Å². The van der Waals surface area contributed by atoms with E-state index in [2.05, 4.69) is 32.8 Å². The number of sulfone groups is 1. The highest BCUT2D eigenvalue weighted by atomic mass is 35.5. The third-order valence-electron chi connectivity index (χ3n) is 6.30. The number of rotatable bonds is 7. The van der Waals surface area contributed by atoms with Crippen LogP contribution in [0.3, 0.4) is 0 Å². The smallest absolute Gasteiger partial charge is 0.229 e. The Bertz CT molecular complexity index is 1410. The van der Waals surface area contributed by atoms with Crippen LogP contribution in [0.2, 0.25) is 5.02 Å². The highest BCUT2D eigenvalue weighted by Gasteiger charge is 2.30. The predicted octanol–water partition coefficient (Wildman–Crippen LogP) is 4.57. The summed E-state index contributed by atoms with van der Waals surface area (Å²) in [6.45, 7) is 8.11. The number of halogens is 1. The second-order valence-corrected chi connectivity index (χ2v) is 12.0. The van der Waals surface area contributed by atoms with Crippen molar-refractivity contribution in [2.24, 2.45) is 0 Å². The van der Waals surface area contributed by atoms with Crippen molar-refractivity contribution in [3.8, 4) is 11.5 Å². The van der Waals surface area contributed by atoms with Crippen LogP contribution in [-0.2, 0) is 9.84 Å². The summed E-state index contributed by atoms with van der Waals surface area (Å²) < 4.78 is 37.7. The van der Waals surface area contributed by atoms with Gasteiger partial charge in [0, 0.05) is 24.6 Å². The minimum atomic E-state index is -3.52. The van der Waals surface area contributed by atoms with Gasteiger partial charge < -0.3 is 25.4 Å². The predicted molar refractivity (Wildman–Crippen MR) is 140 cm³/mol. The van der Waals surface area contributed by atoms with Gasteiger partial charge in [-0.1, -0.05) is 23.7 Å². The topological polar surface area (TPSA) is 114 Å². The van der Waals surface area contributed by atoms with Crippen LogP contribution in [0.25, 0.3) is 0 Å². The van der Waals surface area contributed by atoms with E-state index in [1.54, 1.807) is 38.1 Å². The quantitative estimate of drug-likeness (QED) is 0.405. The number of benzene rings is 2. The van der Waals surface area contributed by atoms with E-state index in [0.717, 1.165) is 30.0 Å². The molecule has 0 radical (unpaired) electrons.